The standard InChI is InChI=1S/C14H14BrFN2O2S/c1-2-20-13(19)6-4-10-8-21-14(17-10)18-12-5-3-9(16)7-11(12)15/h3,5,7-8H,2,4,6H2,1H3,(H,17,18). The number of benzene rings is 1. The van der Waals surface area contributed by atoms with Crippen LogP contribution in [0.5, 0.6) is 0 Å². The summed E-state index contributed by atoms with van der Waals surface area (Å²) in [6, 6.07) is 4.40. The summed E-state index contributed by atoms with van der Waals surface area (Å²) in [5.74, 6) is -0.525. The number of nitrogens with one attached hydrogen (secondary N) is 1. The number of thiazole rings is 1. The van der Waals surface area contributed by atoms with Crippen LogP contribution in [0.25, 0.3) is 0 Å². The van der Waals surface area contributed by atoms with Crippen molar-refractivity contribution in [2.75, 3.05) is 11.9 Å². The third kappa shape index (κ3) is 4.78. The number of esters is 1. The van der Waals surface area contributed by atoms with Crippen molar-refractivity contribution in [3.8, 4) is 0 Å². The number of ether oxygens (including phenoxy) is 1. The van der Waals surface area contributed by atoms with Crippen LogP contribution < -0.4 is 5.32 Å². The number of hydrogen-bond acceptors (Lipinski definition) is 5. The molecule has 112 valence electrons. The van der Waals surface area contributed by atoms with E-state index < -0.39 is 0 Å². The summed E-state index contributed by atoms with van der Waals surface area (Å²) < 4.78 is 18.5. The quantitative estimate of drug-likeness (QED) is 0.768. The molecule has 0 saturated carbocycles. The maximum absolute atomic E-state index is 13.0. The lowest BCUT2D eigenvalue weighted by molar-refractivity contribution is -0.143. The molecule has 1 heterocycles. The number of rotatable bonds is 6. The Labute approximate surface area is 134 Å². The fraction of sp³-hybridized carbons (Fsp3) is 0.286. The van der Waals surface area contributed by atoms with Crippen molar-refractivity contribution >= 4 is 44.1 Å². The van der Waals surface area contributed by atoms with E-state index in [1.165, 1.54) is 23.5 Å². The van der Waals surface area contributed by atoms with E-state index in [1.54, 1.807) is 13.0 Å². The van der Waals surface area contributed by atoms with E-state index in [4.69, 9.17) is 4.74 Å². The maximum Gasteiger partial charge on any atom is 0.306 e. The summed E-state index contributed by atoms with van der Waals surface area (Å²) in [4.78, 5) is 15.7. The monoisotopic (exact) mass is 372 g/mol. The second-order valence-electron chi connectivity index (χ2n) is 4.20. The molecule has 0 unspecified atom stereocenters. The Bertz CT molecular complexity index is 633. The van der Waals surface area contributed by atoms with Crippen molar-refractivity contribution in [2.24, 2.45) is 0 Å². The fourth-order valence-corrected chi connectivity index (χ4v) is 2.86. The zero-order chi connectivity index (χ0) is 15.2. The van der Waals surface area contributed by atoms with Gasteiger partial charge in [0.25, 0.3) is 0 Å². The maximum atomic E-state index is 13.0. The van der Waals surface area contributed by atoms with Crippen LogP contribution in [0.2, 0.25) is 0 Å². The second-order valence-corrected chi connectivity index (χ2v) is 5.91. The lowest BCUT2D eigenvalue weighted by atomic mass is 10.2. The van der Waals surface area contributed by atoms with E-state index in [0.29, 0.717) is 29.1 Å². The first-order valence-corrected chi connectivity index (χ1v) is 8.08. The highest BCUT2D eigenvalue weighted by Crippen LogP contribution is 2.28. The highest BCUT2D eigenvalue weighted by molar-refractivity contribution is 9.10. The molecule has 0 aliphatic rings. The molecule has 0 aliphatic carbocycles. The summed E-state index contributed by atoms with van der Waals surface area (Å²) in [5, 5.41) is 5.69. The van der Waals surface area contributed by atoms with Gasteiger partial charge in [-0.1, -0.05) is 0 Å². The zero-order valence-corrected chi connectivity index (χ0v) is 13.8. The molecule has 0 aliphatic heterocycles. The summed E-state index contributed by atoms with van der Waals surface area (Å²) in [5.41, 5.74) is 1.57. The molecule has 1 aromatic carbocycles. The number of hydrogen-bond donors (Lipinski definition) is 1. The van der Waals surface area contributed by atoms with Gasteiger partial charge in [-0.25, -0.2) is 9.37 Å². The first kappa shape index (κ1) is 15.9. The predicted molar refractivity (Wildman–Crippen MR) is 84.5 cm³/mol. The summed E-state index contributed by atoms with van der Waals surface area (Å²) in [7, 11) is 0. The molecule has 0 bridgehead atoms. The van der Waals surface area contributed by atoms with Crippen LogP contribution in [0.3, 0.4) is 0 Å². The van der Waals surface area contributed by atoms with E-state index in [9.17, 15) is 9.18 Å². The molecular weight excluding hydrogens is 359 g/mol. The van der Waals surface area contributed by atoms with Crippen molar-refractivity contribution in [2.45, 2.75) is 19.8 Å². The first-order valence-electron chi connectivity index (χ1n) is 6.40. The highest BCUT2D eigenvalue weighted by Gasteiger charge is 2.08. The largest absolute Gasteiger partial charge is 0.466 e. The van der Waals surface area contributed by atoms with E-state index in [1.807, 2.05) is 5.38 Å². The van der Waals surface area contributed by atoms with Crippen molar-refractivity contribution in [3.63, 3.8) is 0 Å². The van der Waals surface area contributed by atoms with Gasteiger partial charge >= 0.3 is 5.97 Å². The number of aryl methyl sites for hydroxylation is 1. The van der Waals surface area contributed by atoms with Gasteiger partial charge in [-0.3, -0.25) is 4.79 Å². The molecule has 7 heteroatoms. The molecule has 0 atom stereocenters. The van der Waals surface area contributed by atoms with Crippen molar-refractivity contribution in [3.05, 3.63) is 39.6 Å². The topological polar surface area (TPSA) is 51.2 Å². The number of carbonyl (C=O) groups is 1. The molecule has 1 aromatic heterocycles. The van der Waals surface area contributed by atoms with E-state index >= 15 is 0 Å². The Morgan fingerprint density at radius 3 is 3.05 bits per heavy atom. The molecule has 21 heavy (non-hydrogen) atoms. The summed E-state index contributed by atoms with van der Waals surface area (Å²) in [6.45, 7) is 2.17. The molecule has 1 N–H and O–H groups in total. The Balaban J connectivity index is 1.95. The molecule has 0 fully saturated rings. The summed E-state index contributed by atoms with van der Waals surface area (Å²) >= 11 is 4.72. The zero-order valence-electron chi connectivity index (χ0n) is 11.4. The highest BCUT2D eigenvalue weighted by atomic mass is 79.9. The molecular formula is C14H14BrFN2O2S. The van der Waals surface area contributed by atoms with Gasteiger partial charge in [0.15, 0.2) is 5.13 Å². The van der Waals surface area contributed by atoms with Gasteiger partial charge in [-0.15, -0.1) is 11.3 Å². The number of nitrogens with zero attached hydrogens (tertiary/aromatic N) is 1. The molecule has 0 spiro atoms. The van der Waals surface area contributed by atoms with Gasteiger partial charge in [0.1, 0.15) is 5.82 Å². The Hall–Kier alpha value is -1.47. The van der Waals surface area contributed by atoms with Crippen LogP contribution in [-0.2, 0) is 16.0 Å². The second kappa shape index (κ2) is 7.51. The molecule has 0 amide bonds. The van der Waals surface area contributed by atoms with Gasteiger partial charge < -0.3 is 10.1 Å². The van der Waals surface area contributed by atoms with Crippen LogP contribution in [-0.4, -0.2) is 17.6 Å². The first-order chi connectivity index (χ1) is 10.1. The Morgan fingerprint density at radius 1 is 1.52 bits per heavy atom. The SMILES string of the molecule is CCOC(=O)CCc1csc(Nc2ccc(F)cc2Br)n1. The van der Waals surface area contributed by atoms with Gasteiger partial charge in [0.05, 0.1) is 24.4 Å². The third-order valence-electron chi connectivity index (χ3n) is 2.62. The minimum atomic E-state index is -0.304. The molecule has 0 radical (unpaired) electrons. The van der Waals surface area contributed by atoms with Crippen LogP contribution >= 0.6 is 27.3 Å². The number of anilines is 2. The normalized spacial score (nSPS) is 10.4. The predicted octanol–water partition coefficient (Wildman–Crippen LogP) is 4.28. The van der Waals surface area contributed by atoms with Crippen molar-refractivity contribution in [1.82, 2.24) is 4.98 Å². The van der Waals surface area contributed by atoms with Crippen molar-refractivity contribution in [1.29, 1.82) is 0 Å². The van der Waals surface area contributed by atoms with Gasteiger partial charge in [-0.05, 0) is 41.1 Å². The fourth-order valence-electron chi connectivity index (χ4n) is 1.65. The molecule has 4 nitrogen and oxygen atoms in total. The molecule has 2 aromatic rings. The Kier molecular flexibility index (Phi) is 5.69. The number of aromatic nitrogens is 1. The van der Waals surface area contributed by atoms with Crippen LogP contribution in [0.4, 0.5) is 15.2 Å². The third-order valence-corrected chi connectivity index (χ3v) is 4.08. The average Bonchev–Trinajstić information content (AvgIpc) is 2.88. The number of carbonyl (C=O) groups excluding carboxylic acids is 1. The Morgan fingerprint density at radius 2 is 2.33 bits per heavy atom. The van der Waals surface area contributed by atoms with E-state index in [2.05, 4.69) is 26.2 Å². The van der Waals surface area contributed by atoms with Crippen LogP contribution in [0, 0.1) is 5.82 Å². The number of halogens is 2. The van der Waals surface area contributed by atoms with E-state index in [-0.39, 0.29) is 11.8 Å². The molecule has 2 rings (SSSR count). The van der Waals surface area contributed by atoms with Crippen molar-refractivity contribution < 1.29 is 13.9 Å². The van der Waals surface area contributed by atoms with Gasteiger partial charge in [-0.2, -0.15) is 0 Å². The van der Waals surface area contributed by atoms with Gasteiger partial charge in [0, 0.05) is 16.3 Å². The van der Waals surface area contributed by atoms with Crippen LogP contribution in [0.15, 0.2) is 28.1 Å². The minimum absolute atomic E-state index is 0.221. The lowest BCUT2D eigenvalue weighted by Gasteiger charge is -2.05. The average molecular weight is 373 g/mol. The minimum Gasteiger partial charge on any atom is -0.466 e. The smallest absolute Gasteiger partial charge is 0.306 e. The summed E-state index contributed by atoms with van der Waals surface area (Å²) in [6.07, 6.45) is 0.860. The van der Waals surface area contributed by atoms with Crippen LogP contribution in [0.1, 0.15) is 19.0 Å². The lowest BCUT2D eigenvalue weighted by Crippen LogP contribution is -2.05. The molecule has 0 saturated heterocycles. The van der Waals surface area contributed by atoms with E-state index in [0.717, 1.165) is 11.4 Å². The van der Waals surface area contributed by atoms with Gasteiger partial charge in [0.2, 0.25) is 0 Å².